The minimum Gasteiger partial charge on any atom is -0.444 e. The lowest BCUT2D eigenvalue weighted by molar-refractivity contribution is 0.0524. The number of amides is 1. The number of nitrogens with two attached hydrogens (primary N) is 1. The highest BCUT2D eigenvalue weighted by atomic mass is 16.6. The summed E-state index contributed by atoms with van der Waals surface area (Å²) in [7, 11) is 0. The van der Waals surface area contributed by atoms with E-state index in [-0.39, 0.29) is 6.04 Å². The maximum Gasteiger partial charge on any atom is 0.407 e. The molecule has 100 valence electrons. The molecule has 1 unspecified atom stereocenters. The van der Waals surface area contributed by atoms with Crippen molar-refractivity contribution in [2.24, 2.45) is 5.73 Å². The van der Waals surface area contributed by atoms with Crippen molar-refractivity contribution in [3.8, 4) is 0 Å². The second-order valence-corrected chi connectivity index (χ2v) is 5.22. The van der Waals surface area contributed by atoms with Gasteiger partial charge in [0.05, 0.1) is 0 Å². The molecule has 1 amide bonds. The minimum absolute atomic E-state index is 0.263. The van der Waals surface area contributed by atoms with Crippen LogP contribution in [0.1, 0.15) is 37.9 Å². The summed E-state index contributed by atoms with van der Waals surface area (Å²) in [5.74, 6) is 0. The first-order valence-corrected chi connectivity index (χ1v) is 5.92. The van der Waals surface area contributed by atoms with Gasteiger partial charge in [0.1, 0.15) is 5.60 Å². The predicted molar refractivity (Wildman–Crippen MR) is 70.1 cm³/mol. The lowest BCUT2D eigenvalue weighted by Gasteiger charge is -2.21. The zero-order chi connectivity index (χ0) is 13.8. The highest BCUT2D eigenvalue weighted by Crippen LogP contribution is 2.13. The number of rotatable bonds is 3. The van der Waals surface area contributed by atoms with E-state index in [9.17, 15) is 4.79 Å². The molecule has 0 bridgehead atoms. The fourth-order valence-electron chi connectivity index (χ4n) is 1.52. The summed E-state index contributed by atoms with van der Waals surface area (Å²) < 4.78 is 5.14. The van der Waals surface area contributed by atoms with E-state index < -0.39 is 11.7 Å². The second kappa shape index (κ2) is 5.82. The molecule has 1 aromatic rings. The first kappa shape index (κ1) is 14.4. The molecule has 1 heterocycles. The van der Waals surface area contributed by atoms with Gasteiger partial charge < -0.3 is 15.8 Å². The Kier molecular flexibility index (Phi) is 4.67. The topological polar surface area (TPSA) is 77.2 Å². The van der Waals surface area contributed by atoms with Crippen molar-refractivity contribution in [3.63, 3.8) is 0 Å². The first-order valence-electron chi connectivity index (χ1n) is 5.92. The largest absolute Gasteiger partial charge is 0.444 e. The van der Waals surface area contributed by atoms with E-state index in [0.717, 1.165) is 11.1 Å². The summed E-state index contributed by atoms with van der Waals surface area (Å²) in [6, 6.07) is 1.59. The molecule has 0 saturated carbocycles. The number of pyridine rings is 1. The molecular weight excluding hydrogens is 230 g/mol. The third-order valence-corrected chi connectivity index (χ3v) is 2.33. The maximum atomic E-state index is 11.5. The van der Waals surface area contributed by atoms with E-state index in [1.165, 1.54) is 0 Å². The fraction of sp³-hybridized carbons (Fsp3) is 0.538. The third-order valence-electron chi connectivity index (χ3n) is 2.33. The number of aromatic nitrogens is 1. The molecular formula is C13H21N3O2. The number of alkyl carbamates (subject to hydrolysis) is 1. The molecule has 0 aliphatic rings. The number of hydrogen-bond acceptors (Lipinski definition) is 4. The van der Waals surface area contributed by atoms with Crippen LogP contribution < -0.4 is 11.1 Å². The first-order chi connectivity index (χ1) is 8.29. The molecule has 1 aromatic heterocycles. The summed E-state index contributed by atoms with van der Waals surface area (Å²) in [5, 5.41) is 2.66. The molecule has 3 N–H and O–H groups in total. The normalized spacial score (nSPS) is 12.9. The Morgan fingerprint density at radius 1 is 1.56 bits per heavy atom. The van der Waals surface area contributed by atoms with Gasteiger partial charge in [-0.15, -0.1) is 0 Å². The molecule has 1 atom stereocenters. The van der Waals surface area contributed by atoms with Crippen molar-refractivity contribution < 1.29 is 9.53 Å². The summed E-state index contributed by atoms with van der Waals surface area (Å²) in [6.45, 7) is 7.73. The van der Waals surface area contributed by atoms with E-state index >= 15 is 0 Å². The van der Waals surface area contributed by atoms with Gasteiger partial charge in [-0.1, -0.05) is 0 Å². The Hall–Kier alpha value is -1.62. The Morgan fingerprint density at radius 2 is 2.22 bits per heavy atom. The van der Waals surface area contributed by atoms with Crippen LogP contribution in [0.3, 0.4) is 0 Å². The minimum atomic E-state index is -0.499. The van der Waals surface area contributed by atoms with Gasteiger partial charge in [0, 0.05) is 25.0 Å². The van der Waals surface area contributed by atoms with E-state index in [1.54, 1.807) is 12.4 Å². The lowest BCUT2D eigenvalue weighted by atomic mass is 10.0. The zero-order valence-electron chi connectivity index (χ0n) is 11.4. The van der Waals surface area contributed by atoms with Gasteiger partial charge in [-0.3, -0.25) is 4.98 Å². The number of carbonyl (C=O) groups is 1. The number of carbonyl (C=O) groups excluding carboxylic acids is 1. The lowest BCUT2D eigenvalue weighted by Crippen LogP contribution is -2.36. The summed E-state index contributed by atoms with van der Waals surface area (Å²) in [5.41, 5.74) is 7.49. The van der Waals surface area contributed by atoms with Crippen LogP contribution in [-0.4, -0.2) is 23.2 Å². The average molecular weight is 251 g/mol. The Labute approximate surface area is 108 Å². The molecule has 0 fully saturated rings. The van der Waals surface area contributed by atoms with E-state index in [2.05, 4.69) is 10.3 Å². The smallest absolute Gasteiger partial charge is 0.407 e. The van der Waals surface area contributed by atoms with Crippen LogP contribution in [0.5, 0.6) is 0 Å². The molecule has 0 aliphatic carbocycles. The maximum absolute atomic E-state index is 11.5. The SMILES string of the molecule is Cc1cnccc1C(N)CNC(=O)OC(C)(C)C. The van der Waals surface area contributed by atoms with Gasteiger partial charge >= 0.3 is 6.09 Å². The molecule has 0 spiro atoms. The van der Waals surface area contributed by atoms with E-state index in [0.29, 0.717) is 6.54 Å². The van der Waals surface area contributed by atoms with Crippen molar-refractivity contribution in [2.75, 3.05) is 6.54 Å². The molecule has 5 heteroatoms. The van der Waals surface area contributed by atoms with Crippen molar-refractivity contribution in [1.82, 2.24) is 10.3 Å². The Bertz CT molecular complexity index is 413. The molecule has 0 saturated heterocycles. The average Bonchev–Trinajstić information content (AvgIpc) is 2.24. The third kappa shape index (κ3) is 4.71. The van der Waals surface area contributed by atoms with Crippen molar-refractivity contribution in [1.29, 1.82) is 0 Å². The summed E-state index contributed by atoms with van der Waals surface area (Å²) in [6.07, 6.45) is 2.99. The zero-order valence-corrected chi connectivity index (χ0v) is 11.4. The number of hydrogen-bond donors (Lipinski definition) is 2. The van der Waals surface area contributed by atoms with Gasteiger partial charge in [-0.05, 0) is 44.9 Å². The molecule has 0 radical (unpaired) electrons. The number of nitrogens with zero attached hydrogens (tertiary/aromatic N) is 1. The fourth-order valence-corrected chi connectivity index (χ4v) is 1.52. The van der Waals surface area contributed by atoms with Crippen molar-refractivity contribution in [2.45, 2.75) is 39.3 Å². The highest BCUT2D eigenvalue weighted by molar-refractivity contribution is 5.67. The summed E-state index contributed by atoms with van der Waals surface area (Å²) in [4.78, 5) is 15.5. The number of ether oxygens (including phenoxy) is 1. The molecule has 1 rings (SSSR count). The molecule has 0 aliphatic heterocycles. The van der Waals surface area contributed by atoms with E-state index in [1.807, 2.05) is 33.8 Å². The predicted octanol–water partition coefficient (Wildman–Crippen LogP) is 1.91. The number of nitrogens with one attached hydrogen (secondary N) is 1. The summed E-state index contributed by atoms with van der Waals surface area (Å²) >= 11 is 0. The molecule has 0 aromatic carbocycles. The van der Waals surface area contributed by atoms with Gasteiger partial charge in [0.25, 0.3) is 0 Å². The van der Waals surface area contributed by atoms with Crippen molar-refractivity contribution >= 4 is 6.09 Å². The molecule has 18 heavy (non-hydrogen) atoms. The van der Waals surface area contributed by atoms with Gasteiger partial charge in [-0.2, -0.15) is 0 Å². The van der Waals surface area contributed by atoms with Gasteiger partial charge in [-0.25, -0.2) is 4.79 Å². The highest BCUT2D eigenvalue weighted by Gasteiger charge is 2.17. The van der Waals surface area contributed by atoms with Crippen LogP contribution in [0.2, 0.25) is 0 Å². The Balaban J connectivity index is 2.49. The van der Waals surface area contributed by atoms with Crippen LogP contribution in [0.4, 0.5) is 4.79 Å². The Morgan fingerprint density at radius 3 is 2.78 bits per heavy atom. The molecule has 5 nitrogen and oxygen atoms in total. The van der Waals surface area contributed by atoms with E-state index in [4.69, 9.17) is 10.5 Å². The second-order valence-electron chi connectivity index (χ2n) is 5.22. The van der Waals surface area contributed by atoms with Gasteiger partial charge in [0.2, 0.25) is 0 Å². The van der Waals surface area contributed by atoms with Gasteiger partial charge in [0.15, 0.2) is 0 Å². The monoisotopic (exact) mass is 251 g/mol. The number of aryl methyl sites for hydroxylation is 1. The van der Waals surface area contributed by atoms with Crippen LogP contribution in [0.15, 0.2) is 18.5 Å². The standard InChI is InChI=1S/C13H21N3O2/c1-9-7-15-6-5-10(9)11(14)8-16-12(17)18-13(2,3)4/h5-7,11H,8,14H2,1-4H3,(H,16,17). The van der Waals surface area contributed by atoms with Crippen LogP contribution in [0.25, 0.3) is 0 Å². The van der Waals surface area contributed by atoms with Crippen molar-refractivity contribution in [3.05, 3.63) is 29.6 Å². The van der Waals surface area contributed by atoms with Crippen LogP contribution in [0, 0.1) is 6.92 Å². The quantitative estimate of drug-likeness (QED) is 0.860. The van der Waals surface area contributed by atoms with Crippen LogP contribution in [-0.2, 0) is 4.74 Å². The van der Waals surface area contributed by atoms with Crippen LogP contribution >= 0.6 is 0 Å².